The van der Waals surface area contributed by atoms with Crippen molar-refractivity contribution in [2.75, 3.05) is 25.0 Å². The second kappa shape index (κ2) is 15.5. The number of hydrogen-bond acceptors (Lipinski definition) is 5. The molecule has 0 heterocycles. The van der Waals surface area contributed by atoms with Crippen molar-refractivity contribution in [1.29, 1.82) is 0 Å². The molecule has 3 amide bonds. The first-order valence-corrected chi connectivity index (χ1v) is 10.3. The molecule has 0 atom stereocenters. The van der Waals surface area contributed by atoms with Gasteiger partial charge in [-0.05, 0) is 50.2 Å². The van der Waals surface area contributed by atoms with Gasteiger partial charge in [-0.2, -0.15) is 0 Å². The predicted octanol–water partition coefficient (Wildman–Crippen LogP) is 1.99. The highest BCUT2D eigenvalue weighted by Crippen LogP contribution is 2.17. The van der Waals surface area contributed by atoms with Gasteiger partial charge in [-0.25, -0.2) is 0 Å². The van der Waals surface area contributed by atoms with Crippen molar-refractivity contribution in [3.8, 4) is 0 Å². The van der Waals surface area contributed by atoms with Crippen LogP contribution in [0, 0.1) is 0 Å². The fourth-order valence-electron chi connectivity index (χ4n) is 3.02. The molecule has 0 aliphatic heterocycles. The smallest absolute Gasteiger partial charge is 0.310 e. The highest BCUT2D eigenvalue weighted by atomic mass is 35.5. The molecule has 0 aliphatic rings. The number of Topliss-reactive ketones (excluding diaryl/α,β-unsaturated/α-hetero) is 1. The van der Waals surface area contributed by atoms with Crippen LogP contribution < -0.4 is 16.2 Å². The second-order valence-electron chi connectivity index (χ2n) is 6.97. The number of carbonyl (C=O) groups excluding carboxylic acids is 4. The van der Waals surface area contributed by atoms with Gasteiger partial charge >= 0.3 is 5.91 Å². The van der Waals surface area contributed by atoms with Crippen molar-refractivity contribution in [2.45, 2.75) is 26.7 Å². The summed E-state index contributed by atoms with van der Waals surface area (Å²) in [6.45, 7) is 5.70. The Bertz CT molecular complexity index is 918. The number of carbonyl (C=O) groups is 4. The molecule has 0 fully saturated rings. The third-order valence-electron chi connectivity index (χ3n) is 4.42. The maximum atomic E-state index is 12.6. The summed E-state index contributed by atoms with van der Waals surface area (Å²) in [7, 11) is 0. The number of benzene rings is 2. The molecular formula is C23H31ClN4O5. The van der Waals surface area contributed by atoms with Crippen LogP contribution in [0.5, 0.6) is 0 Å². The largest absolute Gasteiger partial charge is 0.412 e. The summed E-state index contributed by atoms with van der Waals surface area (Å²) in [5.74, 6) is -2.68. The minimum atomic E-state index is -0.993. The third kappa shape index (κ3) is 9.40. The number of para-hydroxylation sites is 1. The van der Waals surface area contributed by atoms with Gasteiger partial charge in [0.2, 0.25) is 0 Å². The average molecular weight is 479 g/mol. The summed E-state index contributed by atoms with van der Waals surface area (Å²) in [5, 5.41) is 2.65. The van der Waals surface area contributed by atoms with Gasteiger partial charge in [-0.3, -0.25) is 34.9 Å². The van der Waals surface area contributed by atoms with Crippen LogP contribution in [0.15, 0.2) is 54.6 Å². The van der Waals surface area contributed by atoms with E-state index in [0.29, 0.717) is 5.56 Å². The molecule has 5 N–H and O–H groups in total. The Morgan fingerprint density at radius 2 is 1.39 bits per heavy atom. The lowest BCUT2D eigenvalue weighted by Crippen LogP contribution is -2.48. The molecule has 2 aromatic carbocycles. The van der Waals surface area contributed by atoms with Gasteiger partial charge in [0, 0.05) is 5.56 Å². The molecule has 180 valence electrons. The van der Waals surface area contributed by atoms with E-state index in [2.05, 4.69) is 16.2 Å². The Balaban J connectivity index is 0.00000512. The molecule has 2 aromatic rings. The first-order valence-electron chi connectivity index (χ1n) is 10.3. The van der Waals surface area contributed by atoms with Crippen molar-refractivity contribution in [3.05, 3.63) is 65.7 Å². The SMILES string of the molecule is CCCN(CCC)CC(=O)NNC(=O)C(=O)c1ccccc1NC(=O)c1ccccc1.Cl.O. The van der Waals surface area contributed by atoms with Crippen LogP contribution in [0.4, 0.5) is 5.69 Å². The van der Waals surface area contributed by atoms with Crippen molar-refractivity contribution < 1.29 is 24.7 Å². The van der Waals surface area contributed by atoms with E-state index in [-0.39, 0.29) is 35.7 Å². The van der Waals surface area contributed by atoms with E-state index in [1.807, 2.05) is 18.7 Å². The molecule has 0 radical (unpaired) electrons. The Morgan fingerprint density at radius 1 is 0.818 bits per heavy atom. The maximum Gasteiger partial charge on any atom is 0.310 e. The predicted molar refractivity (Wildman–Crippen MR) is 129 cm³/mol. The highest BCUT2D eigenvalue weighted by Gasteiger charge is 2.21. The normalized spacial score (nSPS) is 9.79. The zero-order valence-electron chi connectivity index (χ0n) is 18.7. The molecule has 0 aromatic heterocycles. The first kappa shape index (κ1) is 29.7. The van der Waals surface area contributed by atoms with Gasteiger partial charge in [0.05, 0.1) is 17.8 Å². The van der Waals surface area contributed by atoms with Gasteiger partial charge in [0.1, 0.15) is 0 Å². The van der Waals surface area contributed by atoms with Crippen molar-refractivity contribution in [1.82, 2.24) is 15.8 Å². The summed E-state index contributed by atoms with van der Waals surface area (Å²) < 4.78 is 0. The number of hydrazine groups is 1. The van der Waals surface area contributed by atoms with Gasteiger partial charge in [0.25, 0.3) is 17.6 Å². The minimum absolute atomic E-state index is 0. The molecule has 9 nitrogen and oxygen atoms in total. The Morgan fingerprint density at radius 3 is 2.00 bits per heavy atom. The maximum absolute atomic E-state index is 12.6. The summed E-state index contributed by atoms with van der Waals surface area (Å²) in [4.78, 5) is 51.4. The molecule has 0 unspecified atom stereocenters. The van der Waals surface area contributed by atoms with Crippen LogP contribution in [-0.4, -0.2) is 53.5 Å². The quantitative estimate of drug-likeness (QED) is 0.272. The van der Waals surface area contributed by atoms with E-state index in [9.17, 15) is 19.2 Å². The van der Waals surface area contributed by atoms with E-state index in [4.69, 9.17) is 0 Å². The Kier molecular flexibility index (Phi) is 14.0. The number of nitrogens with one attached hydrogen (secondary N) is 3. The highest BCUT2D eigenvalue weighted by molar-refractivity contribution is 6.44. The summed E-state index contributed by atoms with van der Waals surface area (Å²) >= 11 is 0. The van der Waals surface area contributed by atoms with Crippen LogP contribution in [0.1, 0.15) is 47.4 Å². The molecule has 0 aliphatic carbocycles. The van der Waals surface area contributed by atoms with Crippen LogP contribution in [0.25, 0.3) is 0 Å². The lowest BCUT2D eigenvalue weighted by molar-refractivity contribution is -0.127. The molecule has 33 heavy (non-hydrogen) atoms. The summed E-state index contributed by atoms with van der Waals surface area (Å²) in [5.41, 5.74) is 5.09. The number of ketones is 1. The number of anilines is 1. The zero-order valence-corrected chi connectivity index (χ0v) is 19.5. The summed E-state index contributed by atoms with van der Waals surface area (Å²) in [6, 6.07) is 14.7. The van der Waals surface area contributed by atoms with E-state index in [1.54, 1.807) is 42.5 Å². The Labute approximate surface area is 199 Å². The van der Waals surface area contributed by atoms with E-state index in [1.165, 1.54) is 12.1 Å². The fourth-order valence-corrected chi connectivity index (χ4v) is 3.02. The van der Waals surface area contributed by atoms with Crippen molar-refractivity contribution in [2.24, 2.45) is 0 Å². The molecule has 0 saturated carbocycles. The zero-order chi connectivity index (χ0) is 22.6. The number of rotatable bonds is 10. The molecule has 10 heteroatoms. The molecular weight excluding hydrogens is 448 g/mol. The fraction of sp³-hybridized carbons (Fsp3) is 0.304. The minimum Gasteiger partial charge on any atom is -0.412 e. The summed E-state index contributed by atoms with van der Waals surface area (Å²) in [6.07, 6.45) is 1.81. The van der Waals surface area contributed by atoms with Gasteiger partial charge < -0.3 is 10.8 Å². The topological polar surface area (TPSA) is 139 Å². The molecule has 2 rings (SSSR count). The van der Waals surface area contributed by atoms with Gasteiger partial charge in [-0.1, -0.05) is 44.2 Å². The second-order valence-corrected chi connectivity index (χ2v) is 6.97. The standard InChI is InChI=1S/C23H28N4O4.ClH.H2O/c1-3-14-27(15-4-2)16-20(28)25-26-23(31)21(29)18-12-8-9-13-19(18)24-22(30)17-10-6-5-7-11-17;;/h5-13H,3-4,14-16H2,1-2H3,(H,24,30)(H,25,28)(H,26,31);1H;1H2. The number of nitrogens with zero attached hydrogens (tertiary/aromatic N) is 1. The first-order chi connectivity index (χ1) is 15.0. The van der Waals surface area contributed by atoms with Gasteiger partial charge in [-0.15, -0.1) is 12.4 Å². The lowest BCUT2D eigenvalue weighted by Gasteiger charge is -2.20. The lowest BCUT2D eigenvalue weighted by atomic mass is 10.1. The molecule has 0 saturated heterocycles. The molecule has 0 bridgehead atoms. The Hall–Kier alpha value is -3.27. The number of halogens is 1. The van der Waals surface area contributed by atoms with Crippen LogP contribution in [-0.2, 0) is 9.59 Å². The van der Waals surface area contributed by atoms with Crippen LogP contribution >= 0.6 is 12.4 Å². The van der Waals surface area contributed by atoms with Crippen LogP contribution in [0.2, 0.25) is 0 Å². The molecule has 0 spiro atoms. The third-order valence-corrected chi connectivity index (χ3v) is 4.42. The monoisotopic (exact) mass is 478 g/mol. The van der Waals surface area contributed by atoms with Crippen molar-refractivity contribution in [3.63, 3.8) is 0 Å². The van der Waals surface area contributed by atoms with Crippen LogP contribution in [0.3, 0.4) is 0 Å². The average Bonchev–Trinajstić information content (AvgIpc) is 2.78. The van der Waals surface area contributed by atoms with Gasteiger partial charge in [0.15, 0.2) is 0 Å². The van der Waals surface area contributed by atoms with E-state index >= 15 is 0 Å². The number of hydrogen-bond donors (Lipinski definition) is 3. The van der Waals surface area contributed by atoms with Crippen molar-refractivity contribution >= 4 is 41.6 Å². The number of amides is 3. The van der Waals surface area contributed by atoms with E-state index in [0.717, 1.165) is 25.9 Å². The van der Waals surface area contributed by atoms with E-state index < -0.39 is 23.5 Å².